The summed E-state index contributed by atoms with van der Waals surface area (Å²) >= 11 is 0. The predicted molar refractivity (Wildman–Crippen MR) is 154 cm³/mol. The summed E-state index contributed by atoms with van der Waals surface area (Å²) in [6.07, 6.45) is 4.51. The topological polar surface area (TPSA) is 132 Å². The molecule has 4 saturated carbocycles. The van der Waals surface area contributed by atoms with Crippen LogP contribution in [0.5, 0.6) is 0 Å². The average Bonchev–Trinajstić information content (AvgIpc) is 3.26. The monoisotopic (exact) mass is 606 g/mol. The lowest BCUT2D eigenvalue weighted by molar-refractivity contribution is -0.224. The van der Waals surface area contributed by atoms with Gasteiger partial charge in [-0.05, 0) is 93.3 Å². The van der Waals surface area contributed by atoms with Crippen molar-refractivity contribution in [3.05, 3.63) is 0 Å². The maximum atomic E-state index is 12.5. The Kier molecular flexibility index (Phi) is 10.2. The lowest BCUT2D eigenvalue weighted by Crippen LogP contribution is -2.63. The summed E-state index contributed by atoms with van der Waals surface area (Å²) in [6.45, 7) is 12.8. The fraction of sp³-hybridized carbons (Fsp3) is 0.848. The smallest absolute Gasteiger partial charge is 0.463 e. The van der Waals surface area contributed by atoms with Crippen LogP contribution >= 0.6 is 0 Å². The number of esters is 4. The van der Waals surface area contributed by atoms with Crippen LogP contribution in [0.15, 0.2) is 0 Å². The number of carbonyl (C=O) groups is 5. The predicted octanol–water partition coefficient (Wildman–Crippen LogP) is 5.78. The highest BCUT2D eigenvalue weighted by Gasteiger charge is 2.67. The van der Waals surface area contributed by atoms with Gasteiger partial charge in [-0.1, -0.05) is 20.8 Å². The van der Waals surface area contributed by atoms with Crippen LogP contribution in [0.25, 0.3) is 0 Å². The van der Waals surface area contributed by atoms with Gasteiger partial charge in [0.15, 0.2) is 0 Å². The highest BCUT2D eigenvalue weighted by Crippen LogP contribution is 2.69. The molecule has 4 fully saturated rings. The van der Waals surface area contributed by atoms with Crippen molar-refractivity contribution in [1.82, 2.24) is 0 Å². The molecule has 0 spiro atoms. The van der Waals surface area contributed by atoms with Crippen LogP contribution in [0, 0.1) is 46.3 Å². The van der Waals surface area contributed by atoms with Gasteiger partial charge in [-0.2, -0.15) is 0 Å². The maximum Gasteiger partial charge on any atom is 0.516 e. The standard InChI is InChI=1S/C33H50O10/c1-8-39-31(38)43-29(37)12-9-18(2)24-10-11-25-30-26(17-28(33(24,25)7)42-21(5)36)32(6)14-13-23(40-19(3)34)15-22(32)16-27(30)41-20(4)35/h18,22-28,30H,8-17H2,1-7H3/t18-,22+,23-,24-,25+,26+,27-,28+,30+,32+,33-/m1/s1. The van der Waals surface area contributed by atoms with Crippen molar-refractivity contribution < 1.29 is 47.7 Å². The van der Waals surface area contributed by atoms with E-state index in [1.54, 1.807) is 6.92 Å². The molecule has 0 saturated heterocycles. The number of hydrogen-bond acceptors (Lipinski definition) is 10. The summed E-state index contributed by atoms with van der Waals surface area (Å²) in [6, 6.07) is 0. The molecule has 4 aliphatic rings. The molecule has 43 heavy (non-hydrogen) atoms. The molecule has 0 aromatic carbocycles. The van der Waals surface area contributed by atoms with Crippen molar-refractivity contribution in [2.45, 2.75) is 125 Å². The maximum absolute atomic E-state index is 12.5. The zero-order chi connectivity index (χ0) is 31.7. The van der Waals surface area contributed by atoms with Crippen molar-refractivity contribution in [3.63, 3.8) is 0 Å². The van der Waals surface area contributed by atoms with Crippen molar-refractivity contribution in [3.8, 4) is 0 Å². The Balaban J connectivity index is 1.62. The van der Waals surface area contributed by atoms with Crippen molar-refractivity contribution in [2.24, 2.45) is 46.3 Å². The van der Waals surface area contributed by atoms with E-state index in [1.165, 1.54) is 20.8 Å². The Hall–Kier alpha value is -2.65. The van der Waals surface area contributed by atoms with E-state index in [1.807, 2.05) is 0 Å². The van der Waals surface area contributed by atoms with Crippen LogP contribution in [0.4, 0.5) is 4.79 Å². The van der Waals surface area contributed by atoms with Gasteiger partial charge in [0.25, 0.3) is 0 Å². The fourth-order valence-electron chi connectivity index (χ4n) is 9.95. The second-order valence-electron chi connectivity index (χ2n) is 13.9. The number of carbonyl (C=O) groups excluding carboxylic acids is 5. The number of ether oxygens (including phenoxy) is 5. The van der Waals surface area contributed by atoms with Crippen LogP contribution in [0.2, 0.25) is 0 Å². The number of hydrogen-bond donors (Lipinski definition) is 0. The summed E-state index contributed by atoms with van der Waals surface area (Å²) in [4.78, 5) is 60.6. The Labute approximate surface area is 255 Å². The molecule has 0 aromatic rings. The molecule has 0 radical (unpaired) electrons. The normalized spacial score (nSPS) is 38.8. The van der Waals surface area contributed by atoms with Gasteiger partial charge in [0.2, 0.25) is 0 Å². The van der Waals surface area contributed by atoms with Gasteiger partial charge in [0.05, 0.1) is 6.61 Å². The van der Waals surface area contributed by atoms with Gasteiger partial charge in [-0.25, -0.2) is 4.79 Å². The van der Waals surface area contributed by atoms with E-state index >= 15 is 0 Å². The molecule has 10 nitrogen and oxygen atoms in total. The van der Waals surface area contributed by atoms with E-state index in [2.05, 4.69) is 20.8 Å². The number of rotatable bonds is 8. The summed E-state index contributed by atoms with van der Waals surface area (Å²) in [5.41, 5.74) is -0.452. The van der Waals surface area contributed by atoms with Gasteiger partial charge in [0, 0.05) is 38.5 Å². The van der Waals surface area contributed by atoms with Crippen LogP contribution in [0.1, 0.15) is 106 Å². The first-order chi connectivity index (χ1) is 20.2. The Morgan fingerprint density at radius 2 is 1.51 bits per heavy atom. The third-order valence-electron chi connectivity index (χ3n) is 11.7. The van der Waals surface area contributed by atoms with Gasteiger partial charge in [0.1, 0.15) is 18.3 Å². The van der Waals surface area contributed by atoms with Gasteiger partial charge < -0.3 is 23.7 Å². The van der Waals surface area contributed by atoms with Crippen molar-refractivity contribution in [1.29, 1.82) is 0 Å². The van der Waals surface area contributed by atoms with Crippen LogP contribution in [0.3, 0.4) is 0 Å². The molecule has 0 aliphatic heterocycles. The molecule has 0 heterocycles. The summed E-state index contributed by atoms with van der Waals surface area (Å²) < 4.78 is 27.4. The van der Waals surface area contributed by atoms with Gasteiger partial charge in [-0.3, -0.25) is 19.2 Å². The number of fused-ring (bicyclic) bond motifs is 5. The first-order valence-corrected chi connectivity index (χ1v) is 16.1. The molecule has 0 aromatic heterocycles. The second kappa shape index (κ2) is 13.1. The van der Waals surface area contributed by atoms with Crippen LogP contribution < -0.4 is 0 Å². The summed E-state index contributed by atoms with van der Waals surface area (Å²) in [5.74, 6) is -0.609. The van der Waals surface area contributed by atoms with Crippen LogP contribution in [-0.2, 0) is 42.9 Å². The minimum absolute atomic E-state index is 0.0712. The van der Waals surface area contributed by atoms with E-state index in [9.17, 15) is 24.0 Å². The largest absolute Gasteiger partial charge is 0.516 e. The van der Waals surface area contributed by atoms with E-state index in [-0.39, 0.29) is 95.6 Å². The van der Waals surface area contributed by atoms with E-state index in [0.717, 1.165) is 38.5 Å². The SMILES string of the molecule is CCOC(=O)OC(=O)CC[C@@H](C)[C@H]1CC[C@H]2[C@@H]3[C@H](OC(C)=O)C[C@@H]4C[C@H](OC(C)=O)CC[C@]4(C)[C@H]3C[C@H](OC(C)=O)[C@]12C. The zero-order valence-electron chi connectivity index (χ0n) is 26.8. The van der Waals surface area contributed by atoms with Crippen molar-refractivity contribution in [2.75, 3.05) is 6.61 Å². The Bertz CT molecular complexity index is 1090. The molecule has 0 N–H and O–H groups in total. The average molecular weight is 607 g/mol. The minimum Gasteiger partial charge on any atom is -0.463 e. The molecule has 10 heteroatoms. The lowest BCUT2D eigenvalue weighted by Gasteiger charge is -2.64. The first kappa shape index (κ1) is 33.2. The quantitative estimate of drug-likeness (QED) is 0.190. The van der Waals surface area contributed by atoms with Crippen LogP contribution in [-0.4, -0.2) is 55.0 Å². The van der Waals surface area contributed by atoms with E-state index in [4.69, 9.17) is 23.7 Å². The molecule has 4 rings (SSSR count). The van der Waals surface area contributed by atoms with Crippen molar-refractivity contribution >= 4 is 30.0 Å². The Morgan fingerprint density at radius 3 is 2.14 bits per heavy atom. The molecular formula is C33H50O10. The van der Waals surface area contributed by atoms with E-state index in [0.29, 0.717) is 12.8 Å². The third kappa shape index (κ3) is 6.72. The first-order valence-electron chi connectivity index (χ1n) is 16.1. The molecule has 242 valence electrons. The van der Waals surface area contributed by atoms with Gasteiger partial charge in [-0.15, -0.1) is 0 Å². The molecule has 0 bridgehead atoms. The zero-order valence-corrected chi connectivity index (χ0v) is 26.8. The van der Waals surface area contributed by atoms with Gasteiger partial charge >= 0.3 is 30.0 Å². The lowest BCUT2D eigenvalue weighted by atomic mass is 9.43. The fourth-order valence-corrected chi connectivity index (χ4v) is 9.95. The minimum atomic E-state index is -0.983. The molecule has 0 unspecified atom stereocenters. The highest BCUT2D eigenvalue weighted by molar-refractivity contribution is 5.81. The van der Waals surface area contributed by atoms with E-state index < -0.39 is 12.1 Å². The molecular weight excluding hydrogens is 556 g/mol. The molecule has 11 atom stereocenters. The highest BCUT2D eigenvalue weighted by atomic mass is 16.7. The summed E-state index contributed by atoms with van der Waals surface area (Å²) in [7, 11) is 0. The summed E-state index contributed by atoms with van der Waals surface area (Å²) in [5, 5.41) is 0. The third-order valence-corrected chi connectivity index (χ3v) is 11.7. The molecule has 4 aliphatic carbocycles. The Morgan fingerprint density at radius 1 is 0.837 bits per heavy atom. The molecule has 0 amide bonds. The second-order valence-corrected chi connectivity index (χ2v) is 13.9.